The minimum absolute atomic E-state index is 0.196. The highest BCUT2D eigenvalue weighted by atomic mass is 79.9. The number of hydrogen-bond donors (Lipinski definition) is 1. The number of ether oxygens (including phenoxy) is 1. The average molecular weight is 261 g/mol. The molecular weight excluding hydrogens is 248 g/mol. The van der Waals surface area contributed by atoms with Gasteiger partial charge in [-0.25, -0.2) is 0 Å². The number of rotatable bonds is 2. The predicted molar refractivity (Wildman–Crippen MR) is 55.1 cm³/mol. The van der Waals surface area contributed by atoms with Crippen molar-refractivity contribution >= 4 is 15.9 Å². The minimum atomic E-state index is 0.196. The first kappa shape index (κ1) is 9.98. The predicted octanol–water partition coefficient (Wildman–Crippen LogP) is 1.78. The van der Waals surface area contributed by atoms with E-state index in [0.717, 1.165) is 26.2 Å². The largest absolute Gasteiger partial charge is 0.504 e. The van der Waals surface area contributed by atoms with Crippen molar-refractivity contribution < 1.29 is 9.84 Å². The Balaban J connectivity index is 1.99. The molecule has 1 fully saturated rings. The third kappa shape index (κ3) is 2.09. The molecule has 14 heavy (non-hydrogen) atoms. The summed E-state index contributed by atoms with van der Waals surface area (Å²) in [5.74, 6) is 0.709. The van der Waals surface area contributed by atoms with Crippen LogP contribution >= 0.6 is 15.9 Å². The van der Waals surface area contributed by atoms with Gasteiger partial charge in [0.1, 0.15) is 4.60 Å². The van der Waals surface area contributed by atoms with Crippen molar-refractivity contribution in [3.8, 4) is 5.75 Å². The Morgan fingerprint density at radius 2 is 2.57 bits per heavy atom. The van der Waals surface area contributed by atoms with Gasteiger partial charge in [-0.2, -0.15) is 5.10 Å². The van der Waals surface area contributed by atoms with E-state index in [-0.39, 0.29) is 5.75 Å². The van der Waals surface area contributed by atoms with E-state index in [4.69, 9.17) is 4.74 Å². The summed E-state index contributed by atoms with van der Waals surface area (Å²) >= 11 is 3.29. The normalized spacial score (nSPS) is 22.5. The van der Waals surface area contributed by atoms with E-state index in [1.165, 1.54) is 12.6 Å². The van der Waals surface area contributed by atoms with Crippen molar-refractivity contribution in [2.45, 2.75) is 19.4 Å². The van der Waals surface area contributed by atoms with Crippen LogP contribution in [0.3, 0.4) is 0 Å². The second kappa shape index (κ2) is 4.31. The lowest BCUT2D eigenvalue weighted by molar-refractivity contribution is 0.0467. The van der Waals surface area contributed by atoms with Crippen LogP contribution in [0.5, 0.6) is 5.75 Å². The number of aromatic hydroxyl groups is 1. The van der Waals surface area contributed by atoms with Gasteiger partial charge >= 0.3 is 0 Å². The first-order valence-corrected chi connectivity index (χ1v) is 5.54. The third-order valence-electron chi connectivity index (χ3n) is 2.44. The Hall–Kier alpha value is -0.550. The van der Waals surface area contributed by atoms with Gasteiger partial charge in [0.25, 0.3) is 0 Å². The summed E-state index contributed by atoms with van der Waals surface area (Å²) in [6, 6.07) is 0. The molecule has 1 N–H and O–H groups in total. The molecule has 1 saturated heterocycles. The summed E-state index contributed by atoms with van der Waals surface area (Å²) in [6.45, 7) is 2.48. The summed E-state index contributed by atoms with van der Waals surface area (Å²) in [4.78, 5) is 0. The Bertz CT molecular complexity index is 308. The van der Waals surface area contributed by atoms with E-state index in [1.54, 1.807) is 4.68 Å². The molecule has 0 spiro atoms. The molecule has 0 amide bonds. The molecule has 2 heterocycles. The topological polar surface area (TPSA) is 47.3 Å². The molecule has 2 rings (SSSR count). The van der Waals surface area contributed by atoms with Crippen molar-refractivity contribution in [1.82, 2.24) is 9.78 Å². The molecule has 4 nitrogen and oxygen atoms in total. The smallest absolute Gasteiger partial charge is 0.168 e. The van der Waals surface area contributed by atoms with Gasteiger partial charge in [0, 0.05) is 19.1 Å². The molecule has 1 aliphatic rings. The fraction of sp³-hybridized carbons (Fsp3) is 0.667. The second-order valence-electron chi connectivity index (χ2n) is 3.59. The first-order chi connectivity index (χ1) is 6.77. The van der Waals surface area contributed by atoms with Crippen LogP contribution in [0.2, 0.25) is 0 Å². The van der Waals surface area contributed by atoms with Crippen LogP contribution in [-0.2, 0) is 11.3 Å². The maximum absolute atomic E-state index is 9.31. The van der Waals surface area contributed by atoms with Gasteiger partial charge in [0.2, 0.25) is 0 Å². The molecule has 0 bridgehead atoms. The maximum atomic E-state index is 9.31. The molecule has 0 aliphatic carbocycles. The number of halogens is 1. The number of hydrogen-bond acceptors (Lipinski definition) is 3. The van der Waals surface area contributed by atoms with Crippen molar-refractivity contribution in [2.24, 2.45) is 5.92 Å². The molecule has 1 atom stereocenters. The summed E-state index contributed by atoms with van der Waals surface area (Å²) in [7, 11) is 0. The zero-order chi connectivity index (χ0) is 9.97. The number of nitrogens with zero attached hydrogens (tertiary/aromatic N) is 2. The third-order valence-corrected chi connectivity index (χ3v) is 3.26. The molecule has 0 aromatic carbocycles. The molecule has 0 radical (unpaired) electrons. The van der Waals surface area contributed by atoms with Crippen molar-refractivity contribution in [3.05, 3.63) is 10.8 Å². The summed E-state index contributed by atoms with van der Waals surface area (Å²) in [5, 5.41) is 13.4. The quantitative estimate of drug-likeness (QED) is 0.882. The van der Waals surface area contributed by atoms with Crippen LogP contribution in [0.1, 0.15) is 12.8 Å². The van der Waals surface area contributed by atoms with Crippen molar-refractivity contribution in [1.29, 1.82) is 0 Å². The van der Waals surface area contributed by atoms with E-state index in [9.17, 15) is 5.11 Å². The second-order valence-corrected chi connectivity index (χ2v) is 4.34. The SMILES string of the molecule is Oc1cnn(CC2CCCOC2)c1Br. The van der Waals surface area contributed by atoms with Gasteiger partial charge in [-0.3, -0.25) is 4.68 Å². The van der Waals surface area contributed by atoms with Gasteiger partial charge < -0.3 is 9.84 Å². The number of aromatic nitrogens is 2. The lowest BCUT2D eigenvalue weighted by Gasteiger charge is -2.22. The molecule has 78 valence electrons. The fourth-order valence-electron chi connectivity index (χ4n) is 1.68. The van der Waals surface area contributed by atoms with Gasteiger partial charge in [0.15, 0.2) is 5.75 Å². The zero-order valence-corrected chi connectivity index (χ0v) is 9.40. The highest BCUT2D eigenvalue weighted by Crippen LogP contribution is 2.24. The van der Waals surface area contributed by atoms with E-state index in [2.05, 4.69) is 21.0 Å². The molecule has 1 aromatic rings. The van der Waals surface area contributed by atoms with Gasteiger partial charge in [-0.1, -0.05) is 0 Å². The Labute approximate surface area is 91.0 Å². The summed E-state index contributed by atoms with van der Waals surface area (Å²) in [5.41, 5.74) is 0. The van der Waals surface area contributed by atoms with Crippen LogP contribution in [0.25, 0.3) is 0 Å². The summed E-state index contributed by atoms with van der Waals surface area (Å²) in [6.07, 6.45) is 3.75. The summed E-state index contributed by atoms with van der Waals surface area (Å²) < 4.78 is 7.81. The van der Waals surface area contributed by atoms with Gasteiger partial charge in [0.05, 0.1) is 12.8 Å². The first-order valence-electron chi connectivity index (χ1n) is 4.75. The Morgan fingerprint density at radius 3 is 3.14 bits per heavy atom. The molecule has 1 aromatic heterocycles. The Kier molecular flexibility index (Phi) is 3.08. The van der Waals surface area contributed by atoms with E-state index < -0.39 is 0 Å². The molecular formula is C9H13BrN2O2. The van der Waals surface area contributed by atoms with Crippen LogP contribution in [0.15, 0.2) is 10.8 Å². The van der Waals surface area contributed by atoms with Crippen LogP contribution < -0.4 is 0 Å². The van der Waals surface area contributed by atoms with Crippen molar-refractivity contribution in [2.75, 3.05) is 13.2 Å². The highest BCUT2D eigenvalue weighted by Gasteiger charge is 2.16. The van der Waals surface area contributed by atoms with E-state index >= 15 is 0 Å². The molecule has 1 aliphatic heterocycles. The monoisotopic (exact) mass is 260 g/mol. The van der Waals surface area contributed by atoms with Crippen LogP contribution in [-0.4, -0.2) is 28.1 Å². The molecule has 1 unspecified atom stereocenters. The van der Waals surface area contributed by atoms with E-state index in [1.807, 2.05) is 0 Å². The van der Waals surface area contributed by atoms with Crippen molar-refractivity contribution in [3.63, 3.8) is 0 Å². The maximum Gasteiger partial charge on any atom is 0.168 e. The van der Waals surface area contributed by atoms with Crippen LogP contribution in [0.4, 0.5) is 0 Å². The van der Waals surface area contributed by atoms with E-state index in [0.29, 0.717) is 10.5 Å². The standard InChI is InChI=1S/C9H13BrN2O2/c10-9-8(13)4-11-12(9)5-7-2-1-3-14-6-7/h4,7,13H,1-3,5-6H2. The lowest BCUT2D eigenvalue weighted by atomic mass is 10.0. The molecule has 5 heteroatoms. The van der Waals surface area contributed by atoms with Crippen LogP contribution in [0, 0.1) is 5.92 Å². The fourth-order valence-corrected chi connectivity index (χ4v) is 2.02. The van der Waals surface area contributed by atoms with Gasteiger partial charge in [-0.15, -0.1) is 0 Å². The zero-order valence-electron chi connectivity index (χ0n) is 7.82. The molecule has 0 saturated carbocycles. The Morgan fingerprint density at radius 1 is 1.71 bits per heavy atom. The lowest BCUT2D eigenvalue weighted by Crippen LogP contribution is -2.22. The average Bonchev–Trinajstić information content (AvgIpc) is 2.52. The highest BCUT2D eigenvalue weighted by molar-refractivity contribution is 9.10. The van der Waals surface area contributed by atoms with Gasteiger partial charge in [-0.05, 0) is 28.8 Å². The minimum Gasteiger partial charge on any atom is -0.504 e.